The Balaban J connectivity index is 2.39. The Morgan fingerprint density at radius 3 is 2.03 bits per heavy atom. The van der Waals surface area contributed by atoms with Gasteiger partial charge in [0.1, 0.15) is 18.0 Å². The number of benzene rings is 1. The van der Waals surface area contributed by atoms with Crippen LogP contribution in [0.3, 0.4) is 0 Å². The Morgan fingerprint density at radius 2 is 1.55 bits per heavy atom. The number of nitrogens with zero attached hydrogens (tertiary/aromatic N) is 3. The Hall–Kier alpha value is -3.82. The van der Waals surface area contributed by atoms with E-state index in [9.17, 15) is 19.2 Å². The van der Waals surface area contributed by atoms with E-state index in [4.69, 9.17) is 9.47 Å². The van der Waals surface area contributed by atoms with Crippen molar-refractivity contribution in [1.82, 2.24) is 19.0 Å². The molecule has 2 aromatic rings. The van der Waals surface area contributed by atoms with Crippen molar-refractivity contribution < 1.29 is 14.3 Å². The predicted molar refractivity (Wildman–Crippen MR) is 116 cm³/mol. The molecule has 0 fully saturated rings. The monoisotopic (exact) mass is 430 g/mol. The fraction of sp³-hybridized carbons (Fsp3) is 0.333. The number of ether oxygens (including phenoxy) is 2. The Kier molecular flexibility index (Phi) is 7.78. The number of carbonyl (C=O) groups excluding carboxylic acids is 1. The third-order valence-electron chi connectivity index (χ3n) is 4.59. The maximum atomic E-state index is 12.7. The third kappa shape index (κ3) is 5.03. The third-order valence-corrected chi connectivity index (χ3v) is 4.59. The van der Waals surface area contributed by atoms with Gasteiger partial charge in [0.05, 0.1) is 33.4 Å². The minimum Gasteiger partial charge on any atom is -0.497 e. The molecule has 1 aromatic heterocycles. The lowest BCUT2D eigenvalue weighted by atomic mass is 10.1. The van der Waals surface area contributed by atoms with Crippen molar-refractivity contribution in [3.63, 3.8) is 0 Å². The van der Waals surface area contributed by atoms with E-state index in [1.165, 1.54) is 26.4 Å². The first-order chi connectivity index (χ1) is 14.8. The molecule has 166 valence electrons. The van der Waals surface area contributed by atoms with Gasteiger partial charge < -0.3 is 14.8 Å². The van der Waals surface area contributed by atoms with Crippen molar-refractivity contribution in [2.24, 2.45) is 0 Å². The van der Waals surface area contributed by atoms with Gasteiger partial charge in [-0.3, -0.25) is 4.79 Å². The first kappa shape index (κ1) is 23.5. The number of nitrogens with one attached hydrogen (secondary N) is 1. The van der Waals surface area contributed by atoms with Crippen LogP contribution in [0, 0.1) is 0 Å². The minimum absolute atomic E-state index is 0.103. The molecular weight excluding hydrogens is 404 g/mol. The molecule has 10 heteroatoms. The zero-order valence-corrected chi connectivity index (χ0v) is 17.8. The molecule has 0 radical (unpaired) electrons. The Morgan fingerprint density at radius 1 is 1.00 bits per heavy atom. The Bertz CT molecular complexity index is 1110. The zero-order chi connectivity index (χ0) is 23.1. The number of carbonyl (C=O) groups is 1. The summed E-state index contributed by atoms with van der Waals surface area (Å²) >= 11 is 0. The van der Waals surface area contributed by atoms with Gasteiger partial charge in [-0.25, -0.2) is 28.1 Å². The van der Waals surface area contributed by atoms with Crippen LogP contribution in [0.15, 0.2) is 57.9 Å². The molecule has 1 heterocycles. The van der Waals surface area contributed by atoms with Crippen LogP contribution >= 0.6 is 0 Å². The highest BCUT2D eigenvalue weighted by Crippen LogP contribution is 2.29. The highest BCUT2D eigenvalue weighted by atomic mass is 16.5. The van der Waals surface area contributed by atoms with E-state index < -0.39 is 35.6 Å². The fourth-order valence-corrected chi connectivity index (χ4v) is 3.07. The number of hydrogen-bond acceptors (Lipinski definition) is 6. The summed E-state index contributed by atoms with van der Waals surface area (Å²) < 4.78 is 12.9. The molecule has 1 amide bonds. The molecule has 0 aliphatic carbocycles. The second-order valence-corrected chi connectivity index (χ2v) is 6.63. The highest BCUT2D eigenvalue weighted by Gasteiger charge is 2.19. The van der Waals surface area contributed by atoms with Crippen LogP contribution in [0.5, 0.6) is 11.5 Å². The summed E-state index contributed by atoms with van der Waals surface area (Å²) in [6.07, 6.45) is 2.71. The van der Waals surface area contributed by atoms with Gasteiger partial charge >= 0.3 is 17.1 Å². The molecule has 1 N–H and O–H groups in total. The highest BCUT2D eigenvalue weighted by molar-refractivity contribution is 5.76. The quantitative estimate of drug-likeness (QED) is 0.547. The van der Waals surface area contributed by atoms with Crippen molar-refractivity contribution in [1.29, 1.82) is 0 Å². The van der Waals surface area contributed by atoms with Crippen LogP contribution in [0.2, 0.25) is 0 Å². The summed E-state index contributed by atoms with van der Waals surface area (Å²) in [6.45, 7) is 7.98. The number of rotatable bonds is 10. The second-order valence-electron chi connectivity index (χ2n) is 6.63. The van der Waals surface area contributed by atoms with E-state index in [1.807, 2.05) is 0 Å². The molecule has 1 aromatic carbocycles. The van der Waals surface area contributed by atoms with Crippen LogP contribution in [0.1, 0.15) is 18.5 Å². The summed E-state index contributed by atoms with van der Waals surface area (Å²) in [4.78, 5) is 50.4. The van der Waals surface area contributed by atoms with Crippen LogP contribution in [0.4, 0.5) is 0 Å². The topological polar surface area (TPSA) is 114 Å². The van der Waals surface area contributed by atoms with Crippen LogP contribution in [-0.2, 0) is 24.4 Å². The number of aromatic nitrogens is 3. The predicted octanol–water partition coefficient (Wildman–Crippen LogP) is 0.438. The summed E-state index contributed by atoms with van der Waals surface area (Å²) in [5.74, 6) is 0.529. The van der Waals surface area contributed by atoms with E-state index >= 15 is 0 Å². The summed E-state index contributed by atoms with van der Waals surface area (Å²) in [7, 11) is 3.03. The van der Waals surface area contributed by atoms with Gasteiger partial charge in [-0.05, 0) is 25.1 Å². The average Bonchev–Trinajstić information content (AvgIpc) is 2.76. The van der Waals surface area contributed by atoms with Gasteiger partial charge in [0.2, 0.25) is 5.91 Å². The van der Waals surface area contributed by atoms with Crippen molar-refractivity contribution in [3.8, 4) is 11.5 Å². The summed E-state index contributed by atoms with van der Waals surface area (Å²) in [6, 6.07) is 4.64. The van der Waals surface area contributed by atoms with E-state index in [-0.39, 0.29) is 13.1 Å². The maximum Gasteiger partial charge on any atom is 0.337 e. The van der Waals surface area contributed by atoms with Gasteiger partial charge in [-0.15, -0.1) is 13.2 Å². The summed E-state index contributed by atoms with van der Waals surface area (Å²) in [5, 5.41) is 2.73. The molecule has 0 saturated heterocycles. The molecule has 0 bridgehead atoms. The zero-order valence-electron chi connectivity index (χ0n) is 17.8. The summed E-state index contributed by atoms with van der Waals surface area (Å²) in [5.41, 5.74) is -1.92. The van der Waals surface area contributed by atoms with Crippen LogP contribution in [0.25, 0.3) is 0 Å². The maximum absolute atomic E-state index is 12.7. The lowest BCUT2D eigenvalue weighted by Gasteiger charge is -2.19. The molecule has 0 aliphatic heterocycles. The number of methoxy groups -OCH3 is 2. The van der Waals surface area contributed by atoms with Crippen LogP contribution in [-0.4, -0.2) is 33.8 Å². The van der Waals surface area contributed by atoms with Crippen molar-refractivity contribution in [2.75, 3.05) is 14.2 Å². The van der Waals surface area contributed by atoms with Gasteiger partial charge in [0.25, 0.3) is 0 Å². The molecule has 10 nitrogen and oxygen atoms in total. The lowest BCUT2D eigenvalue weighted by molar-refractivity contribution is -0.122. The normalized spacial score (nSPS) is 11.5. The van der Waals surface area contributed by atoms with Gasteiger partial charge in [0.15, 0.2) is 0 Å². The van der Waals surface area contributed by atoms with Crippen molar-refractivity contribution in [3.05, 3.63) is 80.5 Å². The van der Waals surface area contributed by atoms with E-state index in [0.717, 1.165) is 9.13 Å². The molecule has 0 spiro atoms. The number of hydrogen-bond donors (Lipinski definition) is 1. The van der Waals surface area contributed by atoms with Crippen molar-refractivity contribution >= 4 is 5.91 Å². The molecule has 0 aliphatic rings. The molecule has 1 unspecified atom stereocenters. The first-order valence-corrected chi connectivity index (χ1v) is 9.46. The lowest BCUT2D eigenvalue weighted by Crippen LogP contribution is -2.55. The Labute approximate surface area is 178 Å². The van der Waals surface area contributed by atoms with E-state index in [2.05, 4.69) is 18.5 Å². The second kappa shape index (κ2) is 10.3. The standard InChI is InChI=1S/C21H26N4O6/c1-6-10-23-19(27)24(11-7-2)21(29)25(20(23)28)13-18(26)22-14(3)16-12-15(30-4)8-9-17(16)31-5/h6-9,12,14H,1-2,10-11,13H2,3-5H3,(H,22,26). The number of amides is 1. The molecule has 0 saturated carbocycles. The molecular formula is C21H26N4O6. The molecule has 1 atom stereocenters. The van der Waals surface area contributed by atoms with Crippen LogP contribution < -0.4 is 31.9 Å². The van der Waals surface area contributed by atoms with Gasteiger partial charge in [0, 0.05) is 5.56 Å². The number of allylic oxidation sites excluding steroid dienone is 2. The fourth-order valence-electron chi connectivity index (χ4n) is 3.07. The minimum atomic E-state index is -0.892. The largest absolute Gasteiger partial charge is 0.497 e. The smallest absolute Gasteiger partial charge is 0.337 e. The van der Waals surface area contributed by atoms with Crippen molar-refractivity contribution in [2.45, 2.75) is 32.6 Å². The first-order valence-electron chi connectivity index (χ1n) is 9.46. The average molecular weight is 430 g/mol. The van der Waals surface area contributed by atoms with E-state index in [1.54, 1.807) is 25.1 Å². The van der Waals surface area contributed by atoms with Gasteiger partial charge in [-0.1, -0.05) is 12.2 Å². The molecule has 31 heavy (non-hydrogen) atoms. The SMILES string of the molecule is C=CCn1c(=O)n(CC=C)c(=O)n(CC(=O)NC(C)c2cc(OC)ccc2OC)c1=O. The molecule has 2 rings (SSSR count). The van der Waals surface area contributed by atoms with E-state index in [0.29, 0.717) is 21.6 Å². The van der Waals surface area contributed by atoms with Gasteiger partial charge in [-0.2, -0.15) is 0 Å².